The number of nitrogens with one attached hydrogen (secondary N) is 2. The first-order valence-electron chi connectivity index (χ1n) is 8.96. The zero-order valence-corrected chi connectivity index (χ0v) is 16.4. The summed E-state index contributed by atoms with van der Waals surface area (Å²) < 4.78 is 5.70. The number of halogens is 1. The number of anilines is 1. The molecule has 0 aliphatic carbocycles. The highest BCUT2D eigenvalue weighted by Gasteiger charge is 2.09. The van der Waals surface area contributed by atoms with Gasteiger partial charge in [-0.25, -0.2) is 0 Å². The largest absolute Gasteiger partial charge is 0.489 e. The van der Waals surface area contributed by atoms with Gasteiger partial charge in [-0.3, -0.25) is 9.59 Å². The van der Waals surface area contributed by atoms with Gasteiger partial charge in [0.1, 0.15) is 18.8 Å². The molecule has 0 atom stereocenters. The lowest BCUT2D eigenvalue weighted by Gasteiger charge is -2.09. The van der Waals surface area contributed by atoms with E-state index in [0.29, 0.717) is 35.5 Å². The number of carbonyl (C=O) groups is 2. The lowest BCUT2D eigenvalue weighted by atomic mass is 10.1. The van der Waals surface area contributed by atoms with E-state index < -0.39 is 0 Å². The summed E-state index contributed by atoms with van der Waals surface area (Å²) in [7, 11) is 0. The van der Waals surface area contributed by atoms with Crippen molar-refractivity contribution in [1.82, 2.24) is 5.32 Å². The quantitative estimate of drug-likeness (QED) is 0.625. The summed E-state index contributed by atoms with van der Waals surface area (Å²) >= 11 is 5.86. The van der Waals surface area contributed by atoms with Crippen LogP contribution in [0, 0.1) is 5.92 Å². The molecule has 0 bridgehead atoms. The second-order valence-electron chi connectivity index (χ2n) is 6.70. The van der Waals surface area contributed by atoms with E-state index in [1.807, 2.05) is 24.3 Å². The van der Waals surface area contributed by atoms with Crippen LogP contribution in [0.4, 0.5) is 5.69 Å². The number of rotatable bonds is 9. The average Bonchev–Trinajstić information content (AvgIpc) is 2.62. The molecule has 0 aliphatic rings. The highest BCUT2D eigenvalue weighted by molar-refractivity contribution is 6.30. The minimum Gasteiger partial charge on any atom is -0.489 e. The lowest BCUT2D eigenvalue weighted by Crippen LogP contribution is -2.29. The standard InChI is InChI=1S/C21H25ClN2O3/c1-15(2)11-12-23-20(25)13-21(26)24-18-7-9-19(10-8-18)27-14-16-3-5-17(22)6-4-16/h3-10,15H,11-14H2,1-2H3,(H,23,25)(H,24,26). The van der Waals surface area contributed by atoms with E-state index in [1.54, 1.807) is 24.3 Å². The summed E-state index contributed by atoms with van der Waals surface area (Å²) in [5.74, 6) is 0.594. The SMILES string of the molecule is CC(C)CCNC(=O)CC(=O)Nc1ccc(OCc2ccc(Cl)cc2)cc1. The van der Waals surface area contributed by atoms with Crippen LogP contribution >= 0.6 is 11.6 Å². The average molecular weight is 389 g/mol. The first kappa shape index (κ1) is 20.8. The Kier molecular flexibility index (Phi) is 8.14. The van der Waals surface area contributed by atoms with Gasteiger partial charge < -0.3 is 15.4 Å². The third-order valence-corrected chi connectivity index (χ3v) is 4.07. The highest BCUT2D eigenvalue weighted by Crippen LogP contribution is 2.18. The van der Waals surface area contributed by atoms with E-state index in [-0.39, 0.29) is 18.2 Å². The summed E-state index contributed by atoms with van der Waals surface area (Å²) in [5.41, 5.74) is 1.63. The zero-order valence-electron chi connectivity index (χ0n) is 15.6. The summed E-state index contributed by atoms with van der Waals surface area (Å²) in [6, 6.07) is 14.5. The van der Waals surface area contributed by atoms with Gasteiger partial charge in [-0.05, 0) is 54.3 Å². The Bertz CT molecular complexity index is 743. The second-order valence-corrected chi connectivity index (χ2v) is 7.13. The van der Waals surface area contributed by atoms with Crippen molar-refractivity contribution in [3.63, 3.8) is 0 Å². The van der Waals surface area contributed by atoms with E-state index >= 15 is 0 Å². The van der Waals surface area contributed by atoms with Crippen LogP contribution in [0.3, 0.4) is 0 Å². The van der Waals surface area contributed by atoms with Gasteiger partial charge in [0.15, 0.2) is 0 Å². The van der Waals surface area contributed by atoms with Crippen LogP contribution in [-0.4, -0.2) is 18.4 Å². The van der Waals surface area contributed by atoms with Crippen LogP contribution in [0.5, 0.6) is 5.75 Å². The van der Waals surface area contributed by atoms with E-state index in [2.05, 4.69) is 24.5 Å². The maximum Gasteiger partial charge on any atom is 0.233 e. The molecule has 0 unspecified atom stereocenters. The van der Waals surface area contributed by atoms with Gasteiger partial charge in [0, 0.05) is 17.3 Å². The third kappa shape index (κ3) is 8.13. The van der Waals surface area contributed by atoms with Crippen molar-refractivity contribution in [2.24, 2.45) is 5.92 Å². The van der Waals surface area contributed by atoms with Gasteiger partial charge in [0.05, 0.1) is 0 Å². The molecule has 2 aromatic rings. The molecule has 5 nitrogen and oxygen atoms in total. The Labute approximate surface area is 165 Å². The van der Waals surface area contributed by atoms with Gasteiger partial charge in [-0.1, -0.05) is 37.6 Å². The topological polar surface area (TPSA) is 67.4 Å². The fourth-order valence-corrected chi connectivity index (χ4v) is 2.42. The molecule has 0 spiro atoms. The molecule has 0 radical (unpaired) electrons. The highest BCUT2D eigenvalue weighted by atomic mass is 35.5. The first-order valence-corrected chi connectivity index (χ1v) is 9.34. The maximum atomic E-state index is 11.9. The van der Waals surface area contributed by atoms with Crippen LogP contribution < -0.4 is 15.4 Å². The summed E-state index contributed by atoms with van der Waals surface area (Å²) in [4.78, 5) is 23.6. The van der Waals surface area contributed by atoms with Crippen molar-refractivity contribution in [3.05, 3.63) is 59.1 Å². The Morgan fingerprint density at radius 3 is 2.30 bits per heavy atom. The molecule has 0 saturated heterocycles. The molecule has 0 saturated carbocycles. The van der Waals surface area contributed by atoms with Gasteiger partial charge in [0.25, 0.3) is 0 Å². The van der Waals surface area contributed by atoms with Gasteiger partial charge in [-0.15, -0.1) is 0 Å². The molecule has 27 heavy (non-hydrogen) atoms. The minimum absolute atomic E-state index is 0.188. The molecule has 0 fully saturated rings. The summed E-state index contributed by atoms with van der Waals surface area (Å²) in [6.07, 6.45) is 0.706. The Morgan fingerprint density at radius 2 is 1.67 bits per heavy atom. The molecule has 0 aromatic heterocycles. The van der Waals surface area contributed by atoms with Crippen LogP contribution in [0.2, 0.25) is 5.02 Å². The minimum atomic E-state index is -0.341. The van der Waals surface area contributed by atoms with Crippen LogP contribution in [-0.2, 0) is 16.2 Å². The molecule has 144 valence electrons. The molecule has 2 amide bonds. The van der Waals surface area contributed by atoms with Crippen LogP contribution in [0.15, 0.2) is 48.5 Å². The molecule has 0 heterocycles. The number of hydrogen-bond donors (Lipinski definition) is 2. The van der Waals surface area contributed by atoms with Gasteiger partial charge >= 0.3 is 0 Å². The van der Waals surface area contributed by atoms with Gasteiger partial charge in [0.2, 0.25) is 11.8 Å². The molecule has 0 aliphatic heterocycles. The normalized spacial score (nSPS) is 10.5. The molecule has 6 heteroatoms. The van der Waals surface area contributed by atoms with Crippen molar-refractivity contribution >= 4 is 29.1 Å². The van der Waals surface area contributed by atoms with Crippen LogP contribution in [0.25, 0.3) is 0 Å². The molecular weight excluding hydrogens is 364 g/mol. The van der Waals surface area contributed by atoms with E-state index in [0.717, 1.165) is 12.0 Å². The first-order chi connectivity index (χ1) is 12.9. The van der Waals surface area contributed by atoms with Crippen molar-refractivity contribution in [1.29, 1.82) is 0 Å². The number of carbonyl (C=O) groups excluding carboxylic acids is 2. The molecular formula is C21H25ClN2O3. The Hall–Kier alpha value is -2.53. The maximum absolute atomic E-state index is 11.9. The number of amides is 2. The van der Waals surface area contributed by atoms with E-state index in [1.165, 1.54) is 0 Å². The fourth-order valence-electron chi connectivity index (χ4n) is 2.30. The summed E-state index contributed by atoms with van der Waals surface area (Å²) in [6.45, 7) is 5.19. The lowest BCUT2D eigenvalue weighted by molar-refractivity contribution is -0.126. The number of ether oxygens (including phenoxy) is 1. The molecule has 2 N–H and O–H groups in total. The van der Waals surface area contributed by atoms with Crippen molar-refractivity contribution in [3.8, 4) is 5.75 Å². The number of hydrogen-bond acceptors (Lipinski definition) is 3. The fraction of sp³-hybridized carbons (Fsp3) is 0.333. The predicted octanol–water partition coefficient (Wildman–Crippen LogP) is 4.41. The second kappa shape index (κ2) is 10.6. The van der Waals surface area contributed by atoms with E-state index in [4.69, 9.17) is 16.3 Å². The summed E-state index contributed by atoms with van der Waals surface area (Å²) in [5, 5.41) is 6.14. The van der Waals surface area contributed by atoms with Crippen molar-refractivity contribution < 1.29 is 14.3 Å². The third-order valence-electron chi connectivity index (χ3n) is 3.82. The van der Waals surface area contributed by atoms with E-state index in [9.17, 15) is 9.59 Å². The Morgan fingerprint density at radius 1 is 1.00 bits per heavy atom. The molecule has 2 rings (SSSR count). The molecule has 2 aromatic carbocycles. The number of benzene rings is 2. The van der Waals surface area contributed by atoms with Crippen molar-refractivity contribution in [2.45, 2.75) is 33.3 Å². The van der Waals surface area contributed by atoms with Crippen LogP contribution in [0.1, 0.15) is 32.3 Å². The van der Waals surface area contributed by atoms with Crippen molar-refractivity contribution in [2.75, 3.05) is 11.9 Å². The monoisotopic (exact) mass is 388 g/mol. The Balaban J connectivity index is 1.75. The predicted molar refractivity (Wildman–Crippen MR) is 108 cm³/mol. The van der Waals surface area contributed by atoms with Gasteiger partial charge in [-0.2, -0.15) is 0 Å². The smallest absolute Gasteiger partial charge is 0.233 e. The zero-order chi connectivity index (χ0) is 19.6.